The maximum Gasteiger partial charge on any atom is 0.164 e. The van der Waals surface area contributed by atoms with Gasteiger partial charge in [-0.1, -0.05) is 20.8 Å². The SMILES string of the molecule is CC(C)(C)C12CC3CC(CC(NC(N)=S)(C3)C1)C2. The molecule has 102 valence electrons. The first-order valence-corrected chi connectivity index (χ1v) is 7.72. The molecule has 4 rings (SSSR count). The Hall–Kier alpha value is -0.310. The van der Waals surface area contributed by atoms with Crippen molar-refractivity contribution in [1.29, 1.82) is 0 Å². The Kier molecular flexibility index (Phi) is 2.56. The van der Waals surface area contributed by atoms with Crippen molar-refractivity contribution in [2.45, 2.75) is 64.8 Å². The zero-order valence-electron chi connectivity index (χ0n) is 11.9. The van der Waals surface area contributed by atoms with Crippen LogP contribution in [0.25, 0.3) is 0 Å². The summed E-state index contributed by atoms with van der Waals surface area (Å²) < 4.78 is 0. The van der Waals surface area contributed by atoms with E-state index >= 15 is 0 Å². The van der Waals surface area contributed by atoms with Crippen LogP contribution >= 0.6 is 12.2 Å². The third-order valence-corrected chi connectivity index (χ3v) is 6.14. The molecule has 0 saturated heterocycles. The number of nitrogens with one attached hydrogen (secondary N) is 1. The molecule has 3 N–H and O–H groups in total. The molecule has 0 aromatic carbocycles. The average Bonchev–Trinajstić information content (AvgIpc) is 2.10. The van der Waals surface area contributed by atoms with Crippen LogP contribution in [0.2, 0.25) is 0 Å². The quantitative estimate of drug-likeness (QED) is 0.716. The summed E-state index contributed by atoms with van der Waals surface area (Å²) >= 11 is 5.13. The first kappa shape index (κ1) is 12.7. The van der Waals surface area contributed by atoms with Crippen LogP contribution in [0.4, 0.5) is 0 Å². The molecule has 4 bridgehead atoms. The average molecular weight is 266 g/mol. The van der Waals surface area contributed by atoms with Crippen LogP contribution in [0.5, 0.6) is 0 Å². The van der Waals surface area contributed by atoms with Crippen molar-refractivity contribution in [2.75, 3.05) is 0 Å². The molecule has 3 heteroatoms. The first-order valence-electron chi connectivity index (χ1n) is 7.31. The van der Waals surface area contributed by atoms with Gasteiger partial charge in [-0.25, -0.2) is 0 Å². The molecule has 0 radical (unpaired) electrons. The van der Waals surface area contributed by atoms with E-state index in [0.717, 1.165) is 11.8 Å². The molecule has 0 aliphatic heterocycles. The fourth-order valence-electron chi connectivity index (χ4n) is 5.55. The molecule has 2 unspecified atom stereocenters. The van der Waals surface area contributed by atoms with Gasteiger partial charge in [-0.2, -0.15) is 0 Å². The minimum atomic E-state index is 0.225. The van der Waals surface area contributed by atoms with Crippen LogP contribution in [0.3, 0.4) is 0 Å². The van der Waals surface area contributed by atoms with Gasteiger partial charge in [-0.15, -0.1) is 0 Å². The number of hydrogen-bond acceptors (Lipinski definition) is 1. The van der Waals surface area contributed by atoms with Gasteiger partial charge < -0.3 is 11.1 Å². The second-order valence-corrected chi connectivity index (χ2v) is 8.70. The van der Waals surface area contributed by atoms with E-state index < -0.39 is 0 Å². The van der Waals surface area contributed by atoms with Crippen molar-refractivity contribution in [3.63, 3.8) is 0 Å². The van der Waals surface area contributed by atoms with E-state index in [1.165, 1.54) is 38.5 Å². The molecule has 0 amide bonds. The Bertz CT molecular complexity index is 368. The molecular formula is C15H26N2S. The first-order chi connectivity index (χ1) is 8.24. The van der Waals surface area contributed by atoms with Crippen LogP contribution in [-0.2, 0) is 0 Å². The monoisotopic (exact) mass is 266 g/mol. The largest absolute Gasteiger partial charge is 0.376 e. The Morgan fingerprint density at radius 1 is 1.17 bits per heavy atom. The summed E-state index contributed by atoms with van der Waals surface area (Å²) in [5, 5.41) is 3.99. The minimum absolute atomic E-state index is 0.225. The summed E-state index contributed by atoms with van der Waals surface area (Å²) in [5.41, 5.74) is 6.92. The van der Waals surface area contributed by atoms with Gasteiger partial charge in [0.05, 0.1) is 0 Å². The van der Waals surface area contributed by atoms with Crippen molar-refractivity contribution in [3.8, 4) is 0 Å². The molecular weight excluding hydrogens is 240 g/mol. The number of hydrogen-bond donors (Lipinski definition) is 2. The summed E-state index contributed by atoms with van der Waals surface area (Å²) in [7, 11) is 0. The molecule has 18 heavy (non-hydrogen) atoms. The topological polar surface area (TPSA) is 38.0 Å². The van der Waals surface area contributed by atoms with Gasteiger partial charge in [0.15, 0.2) is 5.11 Å². The molecule has 0 aromatic rings. The summed E-state index contributed by atoms with van der Waals surface area (Å²) in [5.74, 6) is 1.79. The van der Waals surface area contributed by atoms with E-state index in [1.807, 2.05) is 0 Å². The lowest BCUT2D eigenvalue weighted by molar-refractivity contribution is -0.128. The molecule has 4 aliphatic carbocycles. The molecule has 4 aliphatic rings. The predicted molar refractivity (Wildman–Crippen MR) is 79.2 cm³/mol. The molecule has 0 spiro atoms. The summed E-state index contributed by atoms with van der Waals surface area (Å²) in [6, 6.07) is 0. The highest BCUT2D eigenvalue weighted by Gasteiger charge is 2.61. The molecule has 2 atom stereocenters. The van der Waals surface area contributed by atoms with Gasteiger partial charge in [0, 0.05) is 5.54 Å². The highest BCUT2D eigenvalue weighted by Crippen LogP contribution is 2.66. The van der Waals surface area contributed by atoms with E-state index in [9.17, 15) is 0 Å². The zero-order valence-corrected chi connectivity index (χ0v) is 12.7. The number of nitrogens with two attached hydrogens (primary N) is 1. The second kappa shape index (κ2) is 3.62. The second-order valence-electron chi connectivity index (χ2n) is 8.26. The highest BCUT2D eigenvalue weighted by molar-refractivity contribution is 7.80. The van der Waals surface area contributed by atoms with Crippen LogP contribution in [0.15, 0.2) is 0 Å². The summed E-state index contributed by atoms with van der Waals surface area (Å²) in [4.78, 5) is 0. The smallest absolute Gasteiger partial charge is 0.164 e. The summed E-state index contributed by atoms with van der Waals surface area (Å²) in [6.45, 7) is 7.28. The van der Waals surface area contributed by atoms with Crippen LogP contribution < -0.4 is 11.1 Å². The summed E-state index contributed by atoms with van der Waals surface area (Å²) in [6.07, 6.45) is 8.14. The van der Waals surface area contributed by atoms with E-state index in [4.69, 9.17) is 18.0 Å². The molecule has 0 aromatic heterocycles. The maximum atomic E-state index is 5.79. The maximum absolute atomic E-state index is 5.79. The van der Waals surface area contributed by atoms with Gasteiger partial charge in [-0.05, 0) is 73.4 Å². The lowest BCUT2D eigenvalue weighted by Crippen LogP contribution is -2.66. The van der Waals surface area contributed by atoms with E-state index in [-0.39, 0.29) is 5.54 Å². The van der Waals surface area contributed by atoms with Crippen molar-refractivity contribution >= 4 is 17.3 Å². The molecule has 4 fully saturated rings. The predicted octanol–water partition coefficient (Wildman–Crippen LogP) is 3.20. The van der Waals surface area contributed by atoms with Gasteiger partial charge >= 0.3 is 0 Å². The third-order valence-electron chi connectivity index (χ3n) is 6.04. The van der Waals surface area contributed by atoms with Crippen molar-refractivity contribution in [1.82, 2.24) is 5.32 Å². The van der Waals surface area contributed by atoms with Crippen LogP contribution in [0, 0.1) is 22.7 Å². The Morgan fingerprint density at radius 3 is 2.17 bits per heavy atom. The Labute approximate surface area is 116 Å². The normalized spacial score (nSPS) is 46.2. The zero-order chi connectivity index (χ0) is 13.2. The van der Waals surface area contributed by atoms with Gasteiger partial charge in [0.25, 0.3) is 0 Å². The minimum Gasteiger partial charge on any atom is -0.376 e. The lowest BCUT2D eigenvalue weighted by Gasteiger charge is -2.66. The molecule has 2 nitrogen and oxygen atoms in total. The Morgan fingerprint density at radius 2 is 1.72 bits per heavy atom. The molecule has 4 saturated carbocycles. The van der Waals surface area contributed by atoms with E-state index in [0.29, 0.717) is 15.9 Å². The molecule has 0 heterocycles. The van der Waals surface area contributed by atoms with Crippen molar-refractivity contribution < 1.29 is 0 Å². The van der Waals surface area contributed by atoms with E-state index in [2.05, 4.69) is 26.1 Å². The highest BCUT2D eigenvalue weighted by atomic mass is 32.1. The van der Waals surface area contributed by atoms with Crippen molar-refractivity contribution in [3.05, 3.63) is 0 Å². The van der Waals surface area contributed by atoms with Gasteiger partial charge in [0.1, 0.15) is 0 Å². The fourth-order valence-corrected chi connectivity index (χ4v) is 5.76. The van der Waals surface area contributed by atoms with E-state index in [1.54, 1.807) is 0 Å². The lowest BCUT2D eigenvalue weighted by atomic mass is 9.41. The third kappa shape index (κ3) is 1.77. The van der Waals surface area contributed by atoms with Gasteiger partial charge in [0.2, 0.25) is 0 Å². The van der Waals surface area contributed by atoms with Gasteiger partial charge in [-0.3, -0.25) is 0 Å². The fraction of sp³-hybridized carbons (Fsp3) is 0.933. The number of rotatable bonds is 1. The Balaban J connectivity index is 1.95. The van der Waals surface area contributed by atoms with Crippen LogP contribution in [0.1, 0.15) is 59.3 Å². The van der Waals surface area contributed by atoms with Crippen molar-refractivity contribution in [2.24, 2.45) is 28.4 Å². The van der Waals surface area contributed by atoms with Crippen LogP contribution in [-0.4, -0.2) is 10.7 Å². The standard InChI is InChI=1S/C15H26N2S/c1-13(2,3)14-5-10-4-11(6-14)8-15(7-10,9-14)17-12(16)18/h10-11H,4-9H2,1-3H3,(H3,16,17,18). The number of thiocarbonyl (C=S) groups is 1.